The lowest BCUT2D eigenvalue weighted by Crippen LogP contribution is -2.19. The van der Waals surface area contributed by atoms with Crippen LogP contribution in [0.3, 0.4) is 0 Å². The van der Waals surface area contributed by atoms with Crippen molar-refractivity contribution in [3.05, 3.63) is 12.1 Å². The van der Waals surface area contributed by atoms with Crippen LogP contribution in [0.2, 0.25) is 0 Å². The number of rotatable bonds is 4. The van der Waals surface area contributed by atoms with Gasteiger partial charge in [0.2, 0.25) is 5.91 Å². The molecule has 0 saturated heterocycles. The third-order valence-electron chi connectivity index (χ3n) is 1.77. The van der Waals surface area contributed by atoms with Gasteiger partial charge in [0.1, 0.15) is 12.3 Å². The highest BCUT2D eigenvalue weighted by Gasteiger charge is 2.18. The molecule has 4 N–H and O–H groups in total. The minimum Gasteiger partial charge on any atom is -0.494 e. The zero-order valence-electron chi connectivity index (χ0n) is 7.25. The summed E-state index contributed by atoms with van der Waals surface area (Å²) in [5, 5.41) is 18.5. The van der Waals surface area contributed by atoms with Crippen LogP contribution in [-0.4, -0.2) is 27.0 Å². The molecule has 1 rings (SSSR count). The van der Waals surface area contributed by atoms with Gasteiger partial charge in [-0.2, -0.15) is 0 Å². The topological polar surface area (TPSA) is 106 Å². The van der Waals surface area contributed by atoms with Gasteiger partial charge in [-0.1, -0.05) is 0 Å². The molecular formula is C8H10N2O4. The fourth-order valence-electron chi connectivity index (χ4n) is 1.17. The number of aldehydes is 1. The average molecular weight is 198 g/mol. The Labute approximate surface area is 79.6 Å². The van der Waals surface area contributed by atoms with Crippen LogP contribution in [0.5, 0.6) is 11.8 Å². The fraction of sp³-hybridized carbons (Fsp3) is 0.250. The smallest absolute Gasteiger partial charge is 0.219 e. The van der Waals surface area contributed by atoms with E-state index in [9.17, 15) is 19.8 Å². The minimum absolute atomic E-state index is 0.265. The second-order valence-corrected chi connectivity index (χ2v) is 2.79. The third kappa shape index (κ3) is 1.85. The van der Waals surface area contributed by atoms with Gasteiger partial charge in [0.25, 0.3) is 0 Å². The first-order valence-corrected chi connectivity index (χ1v) is 3.89. The van der Waals surface area contributed by atoms with Crippen molar-refractivity contribution in [2.75, 3.05) is 0 Å². The van der Waals surface area contributed by atoms with E-state index < -0.39 is 11.9 Å². The second kappa shape index (κ2) is 3.82. The number of nitrogens with two attached hydrogens (primary N) is 1. The Morgan fingerprint density at radius 3 is 2.36 bits per heavy atom. The molecule has 1 aromatic rings. The Bertz CT molecular complexity index is 339. The van der Waals surface area contributed by atoms with Crippen molar-refractivity contribution in [1.29, 1.82) is 0 Å². The van der Waals surface area contributed by atoms with Gasteiger partial charge in [-0.05, 0) is 0 Å². The van der Waals surface area contributed by atoms with Crippen LogP contribution in [0.4, 0.5) is 0 Å². The molecule has 0 aromatic carbocycles. The van der Waals surface area contributed by atoms with Crippen LogP contribution in [0.1, 0.15) is 12.5 Å². The van der Waals surface area contributed by atoms with Crippen LogP contribution >= 0.6 is 0 Å². The van der Waals surface area contributed by atoms with Gasteiger partial charge in [0, 0.05) is 12.1 Å². The summed E-state index contributed by atoms with van der Waals surface area (Å²) in [6, 6.07) is 1.46. The number of hydrogen-bond donors (Lipinski definition) is 3. The number of hydrogen-bond acceptors (Lipinski definition) is 4. The maximum absolute atomic E-state index is 10.6. The highest BCUT2D eigenvalue weighted by Crippen LogP contribution is 2.26. The van der Waals surface area contributed by atoms with E-state index in [1.807, 2.05) is 0 Å². The highest BCUT2D eigenvalue weighted by atomic mass is 16.3. The minimum atomic E-state index is -0.970. The predicted molar refractivity (Wildman–Crippen MR) is 46.7 cm³/mol. The van der Waals surface area contributed by atoms with E-state index in [-0.39, 0.29) is 18.2 Å². The molecule has 0 unspecified atom stereocenters. The van der Waals surface area contributed by atoms with E-state index in [2.05, 4.69) is 0 Å². The summed E-state index contributed by atoms with van der Waals surface area (Å²) in [5.74, 6) is -1.27. The van der Waals surface area contributed by atoms with E-state index >= 15 is 0 Å². The van der Waals surface area contributed by atoms with Crippen LogP contribution in [0, 0.1) is 0 Å². The monoisotopic (exact) mass is 198 g/mol. The molecule has 1 heterocycles. The summed E-state index contributed by atoms with van der Waals surface area (Å²) in [5.41, 5.74) is 4.90. The average Bonchev–Trinajstić information content (AvgIpc) is 2.43. The molecule has 0 aliphatic carbocycles. The number of primary amides is 1. The summed E-state index contributed by atoms with van der Waals surface area (Å²) < 4.78 is 0.928. The van der Waals surface area contributed by atoms with Crippen molar-refractivity contribution in [2.24, 2.45) is 5.73 Å². The van der Waals surface area contributed by atoms with Crippen molar-refractivity contribution in [1.82, 2.24) is 4.57 Å². The first-order valence-electron chi connectivity index (χ1n) is 3.89. The molecule has 1 amide bonds. The van der Waals surface area contributed by atoms with Gasteiger partial charge < -0.3 is 20.7 Å². The normalized spacial score (nSPS) is 12.3. The second-order valence-electron chi connectivity index (χ2n) is 2.79. The maximum Gasteiger partial charge on any atom is 0.219 e. The van der Waals surface area contributed by atoms with E-state index in [4.69, 9.17) is 5.73 Å². The SMILES string of the molecule is NC(=O)C[C@@H](C=O)n1c(O)ccc1O. The van der Waals surface area contributed by atoms with E-state index in [1.165, 1.54) is 12.1 Å². The van der Waals surface area contributed by atoms with Gasteiger partial charge in [0.15, 0.2) is 11.8 Å². The molecule has 76 valence electrons. The number of aromatic nitrogens is 1. The Morgan fingerprint density at radius 2 is 2.00 bits per heavy atom. The van der Waals surface area contributed by atoms with Crippen molar-refractivity contribution in [3.8, 4) is 11.8 Å². The molecular weight excluding hydrogens is 188 g/mol. The van der Waals surface area contributed by atoms with Crippen molar-refractivity contribution in [2.45, 2.75) is 12.5 Å². The van der Waals surface area contributed by atoms with Crippen LogP contribution in [0.25, 0.3) is 0 Å². The van der Waals surface area contributed by atoms with Gasteiger partial charge in [0.05, 0.1) is 6.42 Å². The molecule has 1 aromatic heterocycles. The molecule has 0 spiro atoms. The van der Waals surface area contributed by atoms with Gasteiger partial charge in [-0.3, -0.25) is 9.36 Å². The largest absolute Gasteiger partial charge is 0.494 e. The van der Waals surface area contributed by atoms with Crippen LogP contribution in [0.15, 0.2) is 12.1 Å². The molecule has 6 nitrogen and oxygen atoms in total. The zero-order chi connectivity index (χ0) is 10.7. The lowest BCUT2D eigenvalue weighted by atomic mass is 10.2. The first kappa shape index (κ1) is 10.1. The van der Waals surface area contributed by atoms with Crippen LogP contribution < -0.4 is 5.73 Å². The lowest BCUT2D eigenvalue weighted by molar-refractivity contribution is -0.121. The van der Waals surface area contributed by atoms with E-state index in [1.54, 1.807) is 0 Å². The zero-order valence-corrected chi connectivity index (χ0v) is 7.25. The summed E-state index contributed by atoms with van der Waals surface area (Å²) in [6.45, 7) is 0. The molecule has 0 bridgehead atoms. The molecule has 0 aliphatic rings. The predicted octanol–water partition coefficient (Wildman–Crippen LogP) is -0.485. The molecule has 14 heavy (non-hydrogen) atoms. The molecule has 1 atom stereocenters. The summed E-state index contributed by atoms with van der Waals surface area (Å²) in [7, 11) is 0. The fourth-order valence-corrected chi connectivity index (χ4v) is 1.17. The van der Waals surface area contributed by atoms with E-state index in [0.29, 0.717) is 6.29 Å². The molecule has 6 heteroatoms. The van der Waals surface area contributed by atoms with Gasteiger partial charge in [-0.15, -0.1) is 0 Å². The van der Waals surface area contributed by atoms with Crippen molar-refractivity contribution in [3.63, 3.8) is 0 Å². The van der Waals surface area contributed by atoms with Crippen molar-refractivity contribution < 1.29 is 19.8 Å². The Kier molecular flexibility index (Phi) is 2.76. The standard InChI is InChI=1S/C8H10N2O4/c9-6(12)3-5(4-11)10-7(13)1-2-8(10)14/h1-2,4-5,13-14H,3H2,(H2,9,12)/t5-/m0/s1. The first-order chi connectivity index (χ1) is 6.56. The Balaban J connectivity index is 2.99. The Morgan fingerprint density at radius 1 is 1.50 bits per heavy atom. The Hall–Kier alpha value is -1.98. The van der Waals surface area contributed by atoms with Gasteiger partial charge >= 0.3 is 0 Å². The van der Waals surface area contributed by atoms with Crippen molar-refractivity contribution >= 4 is 12.2 Å². The summed E-state index contributed by atoms with van der Waals surface area (Å²) in [6.07, 6.45) is 0.170. The molecule has 0 fully saturated rings. The number of nitrogens with zero attached hydrogens (tertiary/aromatic N) is 1. The van der Waals surface area contributed by atoms with E-state index in [0.717, 1.165) is 4.57 Å². The maximum atomic E-state index is 10.6. The molecule has 0 saturated carbocycles. The number of carbonyl (C=O) groups is 2. The number of aromatic hydroxyl groups is 2. The van der Waals surface area contributed by atoms with Crippen LogP contribution in [-0.2, 0) is 9.59 Å². The molecule has 0 radical (unpaired) electrons. The highest BCUT2D eigenvalue weighted by molar-refractivity contribution is 5.78. The lowest BCUT2D eigenvalue weighted by Gasteiger charge is -2.12. The summed E-state index contributed by atoms with van der Waals surface area (Å²) in [4.78, 5) is 21.2. The quantitative estimate of drug-likeness (QED) is 0.568. The summed E-state index contributed by atoms with van der Waals surface area (Å²) >= 11 is 0. The molecule has 0 aliphatic heterocycles. The number of carbonyl (C=O) groups excluding carboxylic acids is 2. The third-order valence-corrected chi connectivity index (χ3v) is 1.77. The van der Waals surface area contributed by atoms with Gasteiger partial charge in [-0.25, -0.2) is 0 Å². The number of amides is 1.